The smallest absolute Gasteiger partial charge is 0.161 e. The van der Waals surface area contributed by atoms with Gasteiger partial charge in [-0.05, 0) is 50.1 Å². The summed E-state index contributed by atoms with van der Waals surface area (Å²) in [5, 5.41) is 20.7. The number of halogens is 2. The molecule has 1 heterocycles. The first kappa shape index (κ1) is 22.7. The zero-order valence-corrected chi connectivity index (χ0v) is 19.2. The van der Waals surface area contributed by atoms with Crippen LogP contribution in [0.5, 0.6) is 0 Å². The number of allylic oxidation sites excluding steroid dienone is 2. The molecule has 3 aromatic rings. The summed E-state index contributed by atoms with van der Waals surface area (Å²) < 4.78 is 28.9. The van der Waals surface area contributed by atoms with E-state index in [4.69, 9.17) is 0 Å². The molecular formula is C29H24F2N2O2. The maximum Gasteiger partial charge on any atom is 0.161 e. The van der Waals surface area contributed by atoms with E-state index >= 15 is 4.39 Å². The molecule has 0 aromatic heterocycles. The first-order valence-corrected chi connectivity index (χ1v) is 11.5. The summed E-state index contributed by atoms with van der Waals surface area (Å²) in [6.07, 6.45) is 1.40. The van der Waals surface area contributed by atoms with Gasteiger partial charge in [-0.15, -0.1) is 0 Å². The largest absolute Gasteiger partial charge is 0.507 e. The molecule has 5 rings (SSSR count). The second-order valence-corrected chi connectivity index (χ2v) is 8.88. The molecule has 1 atom stereocenters. The van der Waals surface area contributed by atoms with E-state index in [1.807, 2.05) is 19.1 Å². The molecule has 0 saturated carbocycles. The summed E-state index contributed by atoms with van der Waals surface area (Å²) in [6.45, 7) is 1.92. The highest BCUT2D eigenvalue weighted by atomic mass is 19.1. The number of carbonyl (C=O) groups excluding carboxylic acids is 1. The number of anilines is 1. The number of nitrogens with zero attached hydrogens (tertiary/aromatic N) is 1. The van der Waals surface area contributed by atoms with Gasteiger partial charge < -0.3 is 5.11 Å². The average molecular weight is 471 g/mol. The number of nitrogens with one attached hydrogen (secondary N) is 1. The minimum atomic E-state index is -0.940. The van der Waals surface area contributed by atoms with Crippen LogP contribution in [0.1, 0.15) is 41.9 Å². The molecule has 3 aromatic carbocycles. The summed E-state index contributed by atoms with van der Waals surface area (Å²) in [5.41, 5.74) is 3.28. The Labute approximate surface area is 202 Å². The molecule has 0 bridgehead atoms. The number of hydrogen-bond donors (Lipinski definition) is 2. The van der Waals surface area contributed by atoms with Crippen LogP contribution in [0.25, 0.3) is 5.76 Å². The van der Waals surface area contributed by atoms with Crippen molar-refractivity contribution in [3.8, 4) is 0 Å². The van der Waals surface area contributed by atoms with E-state index < -0.39 is 17.6 Å². The molecule has 0 saturated heterocycles. The number of aliphatic hydroxyl groups is 1. The Morgan fingerprint density at radius 1 is 0.971 bits per heavy atom. The average Bonchev–Trinajstić information content (AvgIpc) is 2.85. The normalized spacial score (nSPS) is 19.6. The number of hydrogen-bond acceptors (Lipinski definition) is 3. The first-order valence-electron chi connectivity index (χ1n) is 11.5. The second-order valence-electron chi connectivity index (χ2n) is 8.88. The monoisotopic (exact) mass is 470 g/mol. The predicted octanol–water partition coefficient (Wildman–Crippen LogP) is 6.83. The molecule has 0 spiro atoms. The van der Waals surface area contributed by atoms with Crippen molar-refractivity contribution in [3.63, 3.8) is 0 Å². The number of Topliss-reactive ketones (excluding diaryl/α,β-unsaturated/α-hetero) is 1. The number of carbonyl (C=O) groups is 1. The highest BCUT2D eigenvalue weighted by Gasteiger charge is 2.44. The Hall–Kier alpha value is -4.06. The fraction of sp³-hybridized carbons (Fsp3) is 0.172. The van der Waals surface area contributed by atoms with Gasteiger partial charge in [0.05, 0.1) is 0 Å². The quantitative estimate of drug-likeness (QED) is 0.412. The molecule has 6 heteroatoms. The zero-order chi connectivity index (χ0) is 24.7. The third-order valence-corrected chi connectivity index (χ3v) is 6.64. The summed E-state index contributed by atoms with van der Waals surface area (Å²) in [4.78, 5) is 15.0. The fourth-order valence-corrected chi connectivity index (χ4v) is 4.95. The van der Waals surface area contributed by atoms with Gasteiger partial charge in [0.1, 0.15) is 23.2 Å². The van der Waals surface area contributed by atoms with E-state index in [1.165, 1.54) is 30.3 Å². The third-order valence-electron chi connectivity index (χ3n) is 6.64. The van der Waals surface area contributed by atoms with Crippen LogP contribution in [0.2, 0.25) is 0 Å². The van der Waals surface area contributed by atoms with Crippen LogP contribution >= 0.6 is 0 Å². The van der Waals surface area contributed by atoms with Gasteiger partial charge in [-0.1, -0.05) is 48.0 Å². The first-order chi connectivity index (χ1) is 16.9. The van der Waals surface area contributed by atoms with Crippen LogP contribution in [-0.2, 0) is 4.79 Å². The number of benzene rings is 3. The van der Waals surface area contributed by atoms with Crippen molar-refractivity contribution in [1.29, 1.82) is 5.41 Å². The maximum absolute atomic E-state index is 15.2. The fourth-order valence-electron chi connectivity index (χ4n) is 4.95. The lowest BCUT2D eigenvalue weighted by atomic mass is 9.73. The highest BCUT2D eigenvalue weighted by Crippen LogP contribution is 2.48. The molecular weight excluding hydrogens is 446 g/mol. The van der Waals surface area contributed by atoms with Gasteiger partial charge >= 0.3 is 0 Å². The van der Waals surface area contributed by atoms with Gasteiger partial charge in [-0.25, -0.2) is 8.78 Å². The molecule has 1 aliphatic heterocycles. The second kappa shape index (κ2) is 8.95. The number of rotatable bonds is 3. The van der Waals surface area contributed by atoms with E-state index in [0.717, 1.165) is 5.56 Å². The van der Waals surface area contributed by atoms with Gasteiger partial charge in [0.2, 0.25) is 0 Å². The predicted molar refractivity (Wildman–Crippen MR) is 132 cm³/mol. The number of aliphatic hydroxyl groups excluding tert-OH is 1. The Morgan fingerprint density at radius 2 is 1.66 bits per heavy atom. The van der Waals surface area contributed by atoms with Crippen LogP contribution in [0, 0.1) is 24.0 Å². The van der Waals surface area contributed by atoms with Crippen LogP contribution in [0.4, 0.5) is 14.5 Å². The van der Waals surface area contributed by atoms with Crippen LogP contribution in [0.15, 0.2) is 89.6 Å². The SMILES string of the molecule is Cc1ccc(/C(O)=C2\C(=N)N(c3ccc(F)cc3)C3=C(C(=O)CCC3)C2c2ccccc2F)cc1. The van der Waals surface area contributed by atoms with Crippen molar-refractivity contribution in [2.24, 2.45) is 0 Å². The molecule has 2 N–H and O–H groups in total. The number of aryl methyl sites for hydroxylation is 1. The van der Waals surface area contributed by atoms with E-state index in [2.05, 4.69) is 0 Å². The standard InChI is InChI=1S/C29H24F2N2O2/c1-17-9-11-18(12-10-17)28(35)27-25(21-5-2-3-6-22(21)31)26-23(7-4-8-24(26)34)33(29(27)32)20-15-13-19(30)14-16-20/h2-3,5-6,9-16,25,32,35H,4,7-8H2,1H3/b28-27+,32-29?. The van der Waals surface area contributed by atoms with E-state index in [-0.39, 0.29) is 28.5 Å². The van der Waals surface area contributed by atoms with Gasteiger partial charge in [-0.3, -0.25) is 15.1 Å². The molecule has 0 fully saturated rings. The minimum Gasteiger partial charge on any atom is -0.507 e. The Bertz CT molecular complexity index is 1390. The van der Waals surface area contributed by atoms with Crippen molar-refractivity contribution in [3.05, 3.63) is 118 Å². The Kier molecular flexibility index (Phi) is 5.81. The number of amidine groups is 1. The van der Waals surface area contributed by atoms with E-state index in [1.54, 1.807) is 35.2 Å². The summed E-state index contributed by atoms with van der Waals surface area (Å²) >= 11 is 0. The lowest BCUT2D eigenvalue weighted by Gasteiger charge is -2.41. The van der Waals surface area contributed by atoms with Crippen molar-refractivity contribution in [2.45, 2.75) is 32.1 Å². The molecule has 4 nitrogen and oxygen atoms in total. The number of ketones is 1. The molecule has 2 aliphatic rings. The lowest BCUT2D eigenvalue weighted by molar-refractivity contribution is -0.116. The highest BCUT2D eigenvalue weighted by molar-refractivity contribution is 6.19. The molecule has 1 aliphatic carbocycles. The topological polar surface area (TPSA) is 64.4 Å². The van der Waals surface area contributed by atoms with Crippen molar-refractivity contribution in [2.75, 3.05) is 4.90 Å². The molecule has 1 unspecified atom stereocenters. The lowest BCUT2D eigenvalue weighted by Crippen LogP contribution is -2.42. The van der Waals surface area contributed by atoms with Crippen molar-refractivity contribution in [1.82, 2.24) is 0 Å². The zero-order valence-electron chi connectivity index (χ0n) is 19.2. The Balaban J connectivity index is 1.84. The molecule has 0 amide bonds. The van der Waals surface area contributed by atoms with Gasteiger partial charge in [0, 0.05) is 46.0 Å². The minimum absolute atomic E-state index is 0.0728. The van der Waals surface area contributed by atoms with E-state index in [0.29, 0.717) is 41.8 Å². The summed E-state index contributed by atoms with van der Waals surface area (Å²) in [5.74, 6) is -2.29. The van der Waals surface area contributed by atoms with E-state index in [9.17, 15) is 19.7 Å². The third kappa shape index (κ3) is 3.95. The van der Waals surface area contributed by atoms with Crippen molar-refractivity contribution >= 4 is 23.1 Å². The molecule has 176 valence electrons. The Morgan fingerprint density at radius 3 is 2.34 bits per heavy atom. The summed E-state index contributed by atoms with van der Waals surface area (Å²) in [6, 6.07) is 19.0. The maximum atomic E-state index is 15.2. The molecule has 35 heavy (non-hydrogen) atoms. The van der Waals surface area contributed by atoms with Gasteiger partial charge in [-0.2, -0.15) is 0 Å². The van der Waals surface area contributed by atoms with Gasteiger partial charge in [0.15, 0.2) is 5.78 Å². The van der Waals surface area contributed by atoms with Gasteiger partial charge in [0.25, 0.3) is 0 Å². The molecule has 0 radical (unpaired) electrons. The van der Waals surface area contributed by atoms with Crippen LogP contribution in [-0.4, -0.2) is 16.7 Å². The van der Waals surface area contributed by atoms with Crippen molar-refractivity contribution < 1.29 is 18.7 Å². The van der Waals surface area contributed by atoms with Crippen LogP contribution < -0.4 is 4.90 Å². The summed E-state index contributed by atoms with van der Waals surface area (Å²) in [7, 11) is 0. The van der Waals surface area contributed by atoms with Crippen LogP contribution in [0.3, 0.4) is 0 Å².